The summed E-state index contributed by atoms with van der Waals surface area (Å²) < 4.78 is 0. The smallest absolute Gasteiger partial charge is 0.270 e. The van der Waals surface area contributed by atoms with E-state index in [1.165, 1.54) is 31.4 Å². The molecule has 1 unspecified atom stereocenters. The lowest BCUT2D eigenvalue weighted by atomic mass is 9.87. The molecule has 0 heterocycles. The molecule has 1 aromatic carbocycles. The summed E-state index contributed by atoms with van der Waals surface area (Å²) in [6.07, 6.45) is 3.66. The van der Waals surface area contributed by atoms with Crippen LogP contribution < -0.4 is 5.32 Å². The van der Waals surface area contributed by atoms with Crippen molar-refractivity contribution >= 4 is 17.3 Å². The van der Waals surface area contributed by atoms with Gasteiger partial charge in [0.2, 0.25) is 0 Å². The average molecular weight is 283 g/mol. The van der Waals surface area contributed by atoms with Crippen molar-refractivity contribution in [1.82, 2.24) is 5.32 Å². The Kier molecular flexibility index (Phi) is 4.11. The standard InChI is InChI=1S/C14H19ClN2O2/c1-14(2)7-3-4-13(14)16-9-10-5-6-11(17(18)19)8-12(10)15/h5-6,8,13,16H,3-4,7,9H2,1-2H3. The molecule has 104 valence electrons. The maximum Gasteiger partial charge on any atom is 0.270 e. The van der Waals surface area contributed by atoms with E-state index >= 15 is 0 Å². The van der Waals surface area contributed by atoms with Crippen molar-refractivity contribution in [2.45, 2.75) is 45.7 Å². The lowest BCUT2D eigenvalue weighted by molar-refractivity contribution is -0.384. The molecule has 0 radical (unpaired) electrons. The molecule has 5 heteroatoms. The molecule has 0 aliphatic heterocycles. The molecule has 1 saturated carbocycles. The molecule has 1 aliphatic rings. The van der Waals surface area contributed by atoms with Crippen molar-refractivity contribution in [1.29, 1.82) is 0 Å². The Morgan fingerprint density at radius 3 is 2.79 bits per heavy atom. The predicted octanol–water partition coefficient (Wildman–Crippen LogP) is 3.92. The topological polar surface area (TPSA) is 55.2 Å². The van der Waals surface area contributed by atoms with Crippen LogP contribution in [0.4, 0.5) is 5.69 Å². The number of hydrogen-bond acceptors (Lipinski definition) is 3. The Balaban J connectivity index is 2.02. The van der Waals surface area contributed by atoms with Gasteiger partial charge in [0.15, 0.2) is 0 Å². The Bertz CT molecular complexity index is 488. The second-order valence-electron chi connectivity index (χ2n) is 5.85. The summed E-state index contributed by atoms with van der Waals surface area (Å²) in [6, 6.07) is 5.13. The van der Waals surface area contributed by atoms with Gasteiger partial charge in [0.05, 0.1) is 9.95 Å². The van der Waals surface area contributed by atoms with Gasteiger partial charge in [-0.25, -0.2) is 0 Å². The number of benzene rings is 1. The number of nitrogens with one attached hydrogen (secondary N) is 1. The highest BCUT2D eigenvalue weighted by atomic mass is 35.5. The van der Waals surface area contributed by atoms with Gasteiger partial charge in [-0.3, -0.25) is 10.1 Å². The van der Waals surface area contributed by atoms with Crippen LogP contribution in [0.25, 0.3) is 0 Å². The molecule has 19 heavy (non-hydrogen) atoms. The molecule has 1 N–H and O–H groups in total. The van der Waals surface area contributed by atoms with E-state index in [1.807, 2.05) is 0 Å². The van der Waals surface area contributed by atoms with Crippen LogP contribution in [0.15, 0.2) is 18.2 Å². The normalized spacial score (nSPS) is 21.5. The summed E-state index contributed by atoms with van der Waals surface area (Å²) in [5.74, 6) is 0. The quantitative estimate of drug-likeness (QED) is 0.673. The van der Waals surface area contributed by atoms with Crippen LogP contribution >= 0.6 is 11.6 Å². The lowest BCUT2D eigenvalue weighted by Crippen LogP contribution is -2.37. The summed E-state index contributed by atoms with van der Waals surface area (Å²) in [4.78, 5) is 10.2. The molecule has 0 spiro atoms. The van der Waals surface area contributed by atoms with Crippen LogP contribution in [0, 0.1) is 15.5 Å². The van der Waals surface area contributed by atoms with Gasteiger partial charge in [-0.2, -0.15) is 0 Å². The first-order chi connectivity index (χ1) is 8.90. The van der Waals surface area contributed by atoms with Crippen molar-refractivity contribution in [3.05, 3.63) is 38.9 Å². The first kappa shape index (κ1) is 14.3. The zero-order valence-electron chi connectivity index (χ0n) is 11.3. The number of nitrogens with zero attached hydrogens (tertiary/aromatic N) is 1. The van der Waals surface area contributed by atoms with Gasteiger partial charge in [0, 0.05) is 24.7 Å². The average Bonchev–Trinajstić information content (AvgIpc) is 2.66. The number of halogens is 1. The molecule has 0 aromatic heterocycles. The highest BCUT2D eigenvalue weighted by molar-refractivity contribution is 6.31. The van der Waals surface area contributed by atoms with Gasteiger partial charge >= 0.3 is 0 Å². The van der Waals surface area contributed by atoms with E-state index in [0.29, 0.717) is 23.0 Å². The van der Waals surface area contributed by atoms with Gasteiger partial charge in [-0.05, 0) is 29.9 Å². The Hall–Kier alpha value is -1.13. The molecule has 4 nitrogen and oxygen atoms in total. The van der Waals surface area contributed by atoms with Gasteiger partial charge in [0.25, 0.3) is 5.69 Å². The van der Waals surface area contributed by atoms with Crippen LogP contribution in [-0.4, -0.2) is 11.0 Å². The first-order valence-corrected chi connectivity index (χ1v) is 6.94. The zero-order valence-corrected chi connectivity index (χ0v) is 12.0. The van der Waals surface area contributed by atoms with E-state index in [-0.39, 0.29) is 5.69 Å². The zero-order chi connectivity index (χ0) is 14.0. The lowest BCUT2D eigenvalue weighted by Gasteiger charge is -2.28. The van der Waals surface area contributed by atoms with Crippen molar-refractivity contribution in [2.24, 2.45) is 5.41 Å². The van der Waals surface area contributed by atoms with Crippen LogP contribution in [0.1, 0.15) is 38.7 Å². The minimum absolute atomic E-state index is 0.0370. The van der Waals surface area contributed by atoms with Crippen molar-refractivity contribution in [3.8, 4) is 0 Å². The van der Waals surface area contributed by atoms with Gasteiger partial charge in [0.1, 0.15) is 0 Å². The van der Waals surface area contributed by atoms with Crippen LogP contribution in [0.3, 0.4) is 0 Å². The van der Waals surface area contributed by atoms with E-state index in [0.717, 1.165) is 5.56 Å². The van der Waals surface area contributed by atoms with Crippen molar-refractivity contribution in [2.75, 3.05) is 0 Å². The fourth-order valence-electron chi connectivity index (χ4n) is 2.73. The predicted molar refractivity (Wildman–Crippen MR) is 76.4 cm³/mol. The van der Waals surface area contributed by atoms with Gasteiger partial charge in [-0.1, -0.05) is 31.9 Å². The van der Waals surface area contributed by atoms with E-state index in [9.17, 15) is 10.1 Å². The third-order valence-electron chi connectivity index (χ3n) is 4.04. The van der Waals surface area contributed by atoms with Gasteiger partial charge < -0.3 is 5.32 Å². The third-order valence-corrected chi connectivity index (χ3v) is 4.40. The highest BCUT2D eigenvalue weighted by Gasteiger charge is 2.33. The molecule has 1 fully saturated rings. The number of nitro benzene ring substituents is 1. The number of hydrogen-bond donors (Lipinski definition) is 1. The number of nitro groups is 1. The molecule has 1 aromatic rings. The molecular weight excluding hydrogens is 264 g/mol. The number of rotatable bonds is 4. The monoisotopic (exact) mass is 282 g/mol. The molecule has 0 amide bonds. The third kappa shape index (κ3) is 3.25. The summed E-state index contributed by atoms with van der Waals surface area (Å²) in [6.45, 7) is 5.20. The van der Waals surface area contributed by atoms with E-state index in [4.69, 9.17) is 11.6 Å². The Morgan fingerprint density at radius 2 is 2.26 bits per heavy atom. The molecule has 0 saturated heterocycles. The molecule has 0 bridgehead atoms. The Morgan fingerprint density at radius 1 is 1.53 bits per heavy atom. The second-order valence-corrected chi connectivity index (χ2v) is 6.25. The molecular formula is C14H19ClN2O2. The summed E-state index contributed by atoms with van der Waals surface area (Å²) >= 11 is 6.09. The SMILES string of the molecule is CC1(C)CCCC1NCc1ccc([N+](=O)[O-])cc1Cl. The van der Waals surface area contributed by atoms with E-state index in [1.54, 1.807) is 6.07 Å². The molecule has 1 aliphatic carbocycles. The Labute approximate surface area is 118 Å². The summed E-state index contributed by atoms with van der Waals surface area (Å²) in [5, 5.41) is 14.6. The van der Waals surface area contributed by atoms with Gasteiger partial charge in [-0.15, -0.1) is 0 Å². The fraction of sp³-hybridized carbons (Fsp3) is 0.571. The van der Waals surface area contributed by atoms with Crippen LogP contribution in [-0.2, 0) is 6.54 Å². The minimum atomic E-state index is -0.427. The van der Waals surface area contributed by atoms with Crippen molar-refractivity contribution in [3.63, 3.8) is 0 Å². The van der Waals surface area contributed by atoms with Crippen LogP contribution in [0.5, 0.6) is 0 Å². The first-order valence-electron chi connectivity index (χ1n) is 6.56. The number of non-ortho nitro benzene ring substituents is 1. The summed E-state index contributed by atoms with van der Waals surface area (Å²) in [7, 11) is 0. The highest BCUT2D eigenvalue weighted by Crippen LogP contribution is 2.37. The van der Waals surface area contributed by atoms with E-state index in [2.05, 4.69) is 19.2 Å². The largest absolute Gasteiger partial charge is 0.309 e. The fourth-order valence-corrected chi connectivity index (χ4v) is 2.97. The van der Waals surface area contributed by atoms with E-state index < -0.39 is 4.92 Å². The minimum Gasteiger partial charge on any atom is -0.309 e. The molecule has 2 rings (SSSR count). The maximum atomic E-state index is 10.6. The maximum absolute atomic E-state index is 10.6. The second kappa shape index (κ2) is 5.47. The summed E-state index contributed by atoms with van der Waals surface area (Å²) in [5.41, 5.74) is 1.26. The van der Waals surface area contributed by atoms with Crippen molar-refractivity contribution < 1.29 is 4.92 Å². The molecule has 1 atom stereocenters. The van der Waals surface area contributed by atoms with Crippen LogP contribution in [0.2, 0.25) is 5.02 Å².